The van der Waals surface area contributed by atoms with Crippen molar-refractivity contribution in [3.05, 3.63) is 0 Å². The second-order valence-corrected chi connectivity index (χ2v) is 2.01. The van der Waals surface area contributed by atoms with Crippen LogP contribution in [0.4, 0.5) is 0 Å². The van der Waals surface area contributed by atoms with Crippen molar-refractivity contribution in [3.8, 4) is 0 Å². The molecule has 0 aliphatic carbocycles. The van der Waals surface area contributed by atoms with Gasteiger partial charge in [0, 0.05) is 13.6 Å². The minimum absolute atomic E-state index is 0.730. The molecule has 0 atom stereocenters. The molecule has 0 saturated heterocycles. The van der Waals surface area contributed by atoms with Gasteiger partial charge in [-0.05, 0) is 25.5 Å². The largest absolute Gasteiger partial charge is 0.359 e. The van der Waals surface area contributed by atoms with Crippen molar-refractivity contribution < 1.29 is 4.79 Å². The van der Waals surface area contributed by atoms with Crippen molar-refractivity contribution in [2.24, 2.45) is 4.99 Å². The third-order valence-electron chi connectivity index (χ3n) is 1.17. The number of hydrogen-bond acceptors (Lipinski definition) is 2. The Kier molecular flexibility index (Phi) is 7.44. The highest BCUT2D eigenvalue weighted by Crippen LogP contribution is 1.89. The molecule has 0 unspecified atom stereocenters. The molecule has 1 N–H and O–H groups in total. The summed E-state index contributed by atoms with van der Waals surface area (Å²) in [5.41, 5.74) is 0. The van der Waals surface area contributed by atoms with Crippen LogP contribution in [0.2, 0.25) is 0 Å². The number of nitrogens with one attached hydrogen (secondary N) is 1. The average Bonchev–Trinajstić information content (AvgIpc) is 1.97. The van der Waals surface area contributed by atoms with E-state index in [1.54, 1.807) is 7.05 Å². The predicted molar refractivity (Wildman–Crippen MR) is 42.3 cm³/mol. The molecular formula is C7H14N2O. The van der Waals surface area contributed by atoms with E-state index < -0.39 is 0 Å². The van der Waals surface area contributed by atoms with Crippen molar-refractivity contribution >= 4 is 12.6 Å². The van der Waals surface area contributed by atoms with Crippen LogP contribution in [-0.2, 0) is 4.79 Å². The molecule has 0 rings (SSSR count). The highest BCUT2D eigenvalue weighted by molar-refractivity contribution is 5.56. The molecule has 0 saturated carbocycles. The molecule has 58 valence electrons. The number of nitrogens with zero attached hydrogens (tertiary/aromatic N) is 1. The lowest BCUT2D eigenvalue weighted by Gasteiger charge is -1.94. The first-order valence-electron chi connectivity index (χ1n) is 3.49. The van der Waals surface area contributed by atoms with Crippen LogP contribution in [0.15, 0.2) is 4.99 Å². The Morgan fingerprint density at radius 1 is 1.50 bits per heavy atom. The number of amides is 1. The fraction of sp³-hybridized carbons (Fsp3) is 0.714. The van der Waals surface area contributed by atoms with Gasteiger partial charge in [0.1, 0.15) is 0 Å². The summed E-state index contributed by atoms with van der Waals surface area (Å²) < 4.78 is 0. The van der Waals surface area contributed by atoms with E-state index in [1.807, 2.05) is 6.21 Å². The van der Waals surface area contributed by atoms with Gasteiger partial charge in [-0.2, -0.15) is 0 Å². The summed E-state index contributed by atoms with van der Waals surface area (Å²) in [6.45, 7) is 0.779. The third kappa shape index (κ3) is 7.14. The van der Waals surface area contributed by atoms with Crippen LogP contribution in [0.25, 0.3) is 0 Å². The molecule has 0 bridgehead atoms. The van der Waals surface area contributed by atoms with Crippen LogP contribution in [-0.4, -0.2) is 26.2 Å². The number of hydrogen-bond donors (Lipinski definition) is 1. The lowest BCUT2D eigenvalue weighted by molar-refractivity contribution is -0.109. The molecule has 0 fully saturated rings. The predicted octanol–water partition coefficient (Wildman–Crippen LogP) is 0.603. The molecule has 0 aliphatic heterocycles. The molecule has 0 aromatic rings. The van der Waals surface area contributed by atoms with Gasteiger partial charge in [0.15, 0.2) is 0 Å². The van der Waals surface area contributed by atoms with Crippen LogP contribution in [0.1, 0.15) is 19.3 Å². The van der Waals surface area contributed by atoms with Gasteiger partial charge in [-0.25, -0.2) is 0 Å². The minimum Gasteiger partial charge on any atom is -0.359 e. The Morgan fingerprint density at radius 2 is 2.30 bits per heavy atom. The molecule has 0 aliphatic rings. The number of carbonyl (C=O) groups is 1. The van der Waals surface area contributed by atoms with Crippen LogP contribution >= 0.6 is 0 Å². The van der Waals surface area contributed by atoms with Gasteiger partial charge < -0.3 is 10.3 Å². The molecular weight excluding hydrogens is 130 g/mol. The van der Waals surface area contributed by atoms with Gasteiger partial charge in [0.2, 0.25) is 6.41 Å². The molecule has 1 amide bonds. The highest BCUT2D eigenvalue weighted by Gasteiger charge is 1.83. The van der Waals surface area contributed by atoms with Crippen LogP contribution in [0, 0.1) is 0 Å². The lowest BCUT2D eigenvalue weighted by Crippen LogP contribution is -2.11. The maximum absolute atomic E-state index is 9.76. The zero-order valence-electron chi connectivity index (χ0n) is 6.34. The first-order valence-corrected chi connectivity index (χ1v) is 3.49. The second kappa shape index (κ2) is 8.14. The number of carbonyl (C=O) groups excluding carboxylic acids is 1. The van der Waals surface area contributed by atoms with E-state index in [-0.39, 0.29) is 0 Å². The van der Waals surface area contributed by atoms with E-state index >= 15 is 0 Å². The van der Waals surface area contributed by atoms with Crippen molar-refractivity contribution in [2.45, 2.75) is 19.3 Å². The summed E-state index contributed by atoms with van der Waals surface area (Å²) in [4.78, 5) is 13.6. The van der Waals surface area contributed by atoms with Crippen molar-refractivity contribution in [1.29, 1.82) is 0 Å². The Balaban J connectivity index is 2.83. The van der Waals surface area contributed by atoms with E-state index in [4.69, 9.17) is 0 Å². The minimum atomic E-state index is 0.730. The summed E-state index contributed by atoms with van der Waals surface area (Å²) >= 11 is 0. The van der Waals surface area contributed by atoms with Crippen molar-refractivity contribution in [3.63, 3.8) is 0 Å². The fourth-order valence-electron chi connectivity index (χ4n) is 0.651. The molecule has 0 aromatic heterocycles. The topological polar surface area (TPSA) is 41.5 Å². The Labute approximate surface area is 61.5 Å². The summed E-state index contributed by atoms with van der Waals surface area (Å²) in [6, 6.07) is 0. The zero-order chi connectivity index (χ0) is 7.66. The van der Waals surface area contributed by atoms with Gasteiger partial charge in [0.25, 0.3) is 0 Å². The summed E-state index contributed by atoms with van der Waals surface area (Å²) in [7, 11) is 1.77. The van der Waals surface area contributed by atoms with E-state index in [0.29, 0.717) is 0 Å². The Bertz CT molecular complexity index is 102. The second-order valence-electron chi connectivity index (χ2n) is 2.01. The van der Waals surface area contributed by atoms with Crippen LogP contribution in [0.5, 0.6) is 0 Å². The smallest absolute Gasteiger partial charge is 0.207 e. The fourth-order valence-corrected chi connectivity index (χ4v) is 0.651. The number of rotatable bonds is 6. The average molecular weight is 144 g/mol. The quantitative estimate of drug-likeness (QED) is 0.252. The van der Waals surface area contributed by atoms with Crippen molar-refractivity contribution in [1.82, 2.24) is 5.32 Å². The van der Waals surface area contributed by atoms with E-state index in [1.165, 1.54) is 0 Å². The Hall–Kier alpha value is -0.860. The van der Waals surface area contributed by atoms with Gasteiger partial charge in [-0.15, -0.1) is 0 Å². The van der Waals surface area contributed by atoms with Gasteiger partial charge in [0.05, 0.1) is 0 Å². The molecule has 0 radical (unpaired) electrons. The number of unbranched alkanes of at least 4 members (excludes halogenated alkanes) is 2. The zero-order valence-corrected chi connectivity index (χ0v) is 6.34. The van der Waals surface area contributed by atoms with Gasteiger partial charge >= 0.3 is 0 Å². The van der Waals surface area contributed by atoms with Crippen LogP contribution in [0.3, 0.4) is 0 Å². The maximum atomic E-state index is 9.76. The lowest BCUT2D eigenvalue weighted by atomic mass is 10.2. The summed E-state index contributed by atoms with van der Waals surface area (Å²) in [5, 5.41) is 2.60. The molecule has 10 heavy (non-hydrogen) atoms. The maximum Gasteiger partial charge on any atom is 0.207 e. The normalized spacial score (nSPS) is 10.1. The highest BCUT2D eigenvalue weighted by atomic mass is 16.2. The van der Waals surface area contributed by atoms with Gasteiger partial charge in [-0.1, -0.05) is 0 Å². The first-order chi connectivity index (χ1) is 4.91. The SMILES string of the molecule is [13CH3]N=CCCCCN[13CH]=O. The van der Waals surface area contributed by atoms with E-state index in [2.05, 4.69) is 10.3 Å². The first kappa shape index (κ1) is 9.14. The molecule has 3 heteroatoms. The summed E-state index contributed by atoms with van der Waals surface area (Å²) in [5.74, 6) is 0. The van der Waals surface area contributed by atoms with Gasteiger partial charge in [-0.3, -0.25) is 4.79 Å². The van der Waals surface area contributed by atoms with Crippen LogP contribution < -0.4 is 5.32 Å². The monoisotopic (exact) mass is 144 g/mol. The molecule has 0 heterocycles. The van der Waals surface area contributed by atoms with E-state index in [0.717, 1.165) is 32.2 Å². The third-order valence-corrected chi connectivity index (χ3v) is 1.17. The summed E-state index contributed by atoms with van der Waals surface area (Å²) in [6.07, 6.45) is 5.76. The van der Waals surface area contributed by atoms with E-state index in [9.17, 15) is 4.79 Å². The molecule has 0 spiro atoms. The van der Waals surface area contributed by atoms with Crippen molar-refractivity contribution in [2.75, 3.05) is 13.6 Å². The standard InChI is InChI=1S/C7H14N2O/c1-8-5-3-2-4-6-9-7-10/h5,7H,2-4,6H2,1H3,(H,9,10)/i1+1,7+1. The molecule has 0 aromatic carbocycles. The molecule has 3 nitrogen and oxygen atoms in total. The Morgan fingerprint density at radius 3 is 2.90 bits per heavy atom. The number of aliphatic imine (C=N–C) groups is 1.